The molecule has 3 aromatic rings. The van der Waals surface area contributed by atoms with Gasteiger partial charge in [0.05, 0.1) is 20.3 Å². The van der Waals surface area contributed by atoms with Crippen LogP contribution in [0.15, 0.2) is 54.7 Å². The molecule has 0 saturated carbocycles. The number of morpholine rings is 1. The molecule has 0 radical (unpaired) electrons. The molecule has 6 heteroatoms. The number of aromatic amines is 1. The van der Waals surface area contributed by atoms with E-state index >= 15 is 0 Å². The molecule has 1 aromatic heterocycles. The number of nitrogens with one attached hydrogen (secondary N) is 2. The van der Waals surface area contributed by atoms with E-state index in [1.165, 1.54) is 0 Å². The second kappa shape index (κ2) is 9.78. The Kier molecular flexibility index (Phi) is 6.67. The lowest BCUT2D eigenvalue weighted by Crippen LogP contribution is -2.41. The predicted molar refractivity (Wildman–Crippen MR) is 118 cm³/mol. The summed E-state index contributed by atoms with van der Waals surface area (Å²) in [5.41, 5.74) is 3.20. The van der Waals surface area contributed by atoms with Crippen LogP contribution < -0.4 is 10.1 Å². The van der Waals surface area contributed by atoms with Crippen molar-refractivity contribution < 1.29 is 14.3 Å². The summed E-state index contributed by atoms with van der Waals surface area (Å²) in [5, 5.41) is 4.24. The third-order valence-corrected chi connectivity index (χ3v) is 5.75. The van der Waals surface area contributed by atoms with Gasteiger partial charge in [-0.15, -0.1) is 0 Å². The van der Waals surface area contributed by atoms with Gasteiger partial charge in [-0.05, 0) is 17.7 Å². The summed E-state index contributed by atoms with van der Waals surface area (Å²) in [5.74, 6) is 0.749. The molecule has 0 unspecified atom stereocenters. The van der Waals surface area contributed by atoms with Gasteiger partial charge in [0.15, 0.2) is 0 Å². The van der Waals surface area contributed by atoms with Crippen molar-refractivity contribution in [3.63, 3.8) is 0 Å². The molecule has 2 N–H and O–H groups in total. The third-order valence-electron chi connectivity index (χ3n) is 5.75. The van der Waals surface area contributed by atoms with Gasteiger partial charge >= 0.3 is 0 Å². The number of methoxy groups -OCH3 is 1. The summed E-state index contributed by atoms with van der Waals surface area (Å²) in [6.07, 6.45) is 2.38. The highest BCUT2D eigenvalue weighted by molar-refractivity contribution is 5.86. The van der Waals surface area contributed by atoms with Gasteiger partial charge in [0.1, 0.15) is 5.75 Å². The Morgan fingerprint density at radius 2 is 1.90 bits per heavy atom. The lowest BCUT2D eigenvalue weighted by Gasteiger charge is -2.26. The molecule has 0 bridgehead atoms. The second-order valence-electron chi connectivity index (χ2n) is 7.59. The molecule has 1 fully saturated rings. The van der Waals surface area contributed by atoms with Gasteiger partial charge in [0.25, 0.3) is 0 Å². The van der Waals surface area contributed by atoms with Crippen LogP contribution in [0.5, 0.6) is 5.75 Å². The molecule has 2 aromatic carbocycles. The fourth-order valence-electron chi connectivity index (χ4n) is 4.16. The van der Waals surface area contributed by atoms with E-state index in [1.54, 1.807) is 7.11 Å². The van der Waals surface area contributed by atoms with Gasteiger partial charge < -0.3 is 19.8 Å². The van der Waals surface area contributed by atoms with E-state index < -0.39 is 0 Å². The van der Waals surface area contributed by atoms with E-state index in [4.69, 9.17) is 9.47 Å². The minimum Gasteiger partial charge on any atom is -0.496 e. The van der Waals surface area contributed by atoms with Crippen LogP contribution in [0.4, 0.5) is 0 Å². The molecule has 1 saturated heterocycles. The van der Waals surface area contributed by atoms with Crippen LogP contribution in [0, 0.1) is 0 Å². The fraction of sp³-hybridized carbons (Fsp3) is 0.375. The number of rotatable bonds is 8. The molecule has 1 atom stereocenters. The van der Waals surface area contributed by atoms with Gasteiger partial charge in [0, 0.05) is 61.2 Å². The third kappa shape index (κ3) is 4.66. The Morgan fingerprint density at radius 1 is 1.13 bits per heavy atom. The Bertz CT molecular complexity index is 978. The van der Waals surface area contributed by atoms with E-state index in [0.717, 1.165) is 60.6 Å². The molecule has 6 nitrogen and oxygen atoms in total. The summed E-state index contributed by atoms with van der Waals surface area (Å²) < 4.78 is 11.0. The number of carbonyl (C=O) groups excluding carboxylic acids is 1. The van der Waals surface area contributed by atoms with Gasteiger partial charge in [-0.1, -0.05) is 36.4 Å². The van der Waals surface area contributed by atoms with Crippen molar-refractivity contribution in [3.8, 4) is 5.75 Å². The summed E-state index contributed by atoms with van der Waals surface area (Å²) in [6, 6.07) is 16.1. The van der Waals surface area contributed by atoms with E-state index in [1.807, 2.05) is 42.6 Å². The summed E-state index contributed by atoms with van der Waals surface area (Å²) in [4.78, 5) is 18.6. The van der Waals surface area contributed by atoms with E-state index in [2.05, 4.69) is 27.3 Å². The highest BCUT2D eigenvalue weighted by atomic mass is 16.5. The lowest BCUT2D eigenvalue weighted by atomic mass is 9.87. The number of para-hydroxylation sites is 2. The predicted octanol–water partition coefficient (Wildman–Crippen LogP) is 3.15. The quantitative estimate of drug-likeness (QED) is 0.602. The van der Waals surface area contributed by atoms with Crippen LogP contribution in [0.2, 0.25) is 0 Å². The molecular weight excluding hydrogens is 378 g/mol. The first kappa shape index (κ1) is 20.4. The number of nitrogens with zero attached hydrogens (tertiary/aromatic N) is 1. The first-order valence-electron chi connectivity index (χ1n) is 10.5. The maximum atomic E-state index is 12.9. The number of fused-ring (bicyclic) bond motifs is 1. The summed E-state index contributed by atoms with van der Waals surface area (Å²) >= 11 is 0. The average Bonchev–Trinajstić information content (AvgIpc) is 3.22. The van der Waals surface area contributed by atoms with Gasteiger partial charge in [-0.25, -0.2) is 0 Å². The van der Waals surface area contributed by atoms with E-state index in [9.17, 15) is 4.79 Å². The minimum absolute atomic E-state index is 0.0458. The largest absolute Gasteiger partial charge is 0.496 e. The molecule has 2 heterocycles. The number of benzene rings is 2. The van der Waals surface area contributed by atoms with Crippen LogP contribution in [0.1, 0.15) is 23.5 Å². The van der Waals surface area contributed by atoms with Gasteiger partial charge in [-0.2, -0.15) is 0 Å². The molecule has 1 aliphatic heterocycles. The van der Waals surface area contributed by atoms with Crippen molar-refractivity contribution in [2.45, 2.75) is 12.3 Å². The molecule has 158 valence electrons. The number of ether oxygens (including phenoxy) is 2. The molecular formula is C24H29N3O3. The first-order chi connectivity index (χ1) is 14.8. The molecule has 1 amide bonds. The van der Waals surface area contributed by atoms with Crippen molar-refractivity contribution >= 4 is 16.8 Å². The number of aromatic nitrogens is 1. The minimum atomic E-state index is -0.0966. The topological polar surface area (TPSA) is 66.6 Å². The molecule has 0 aliphatic carbocycles. The maximum absolute atomic E-state index is 12.9. The fourth-order valence-corrected chi connectivity index (χ4v) is 4.16. The molecule has 1 aliphatic rings. The summed E-state index contributed by atoms with van der Waals surface area (Å²) in [7, 11) is 1.67. The van der Waals surface area contributed by atoms with Gasteiger partial charge in [-0.3, -0.25) is 9.69 Å². The van der Waals surface area contributed by atoms with Crippen molar-refractivity contribution in [2.24, 2.45) is 0 Å². The van der Waals surface area contributed by atoms with Crippen molar-refractivity contribution in [3.05, 3.63) is 65.9 Å². The second-order valence-corrected chi connectivity index (χ2v) is 7.59. The molecule has 30 heavy (non-hydrogen) atoms. The lowest BCUT2D eigenvalue weighted by molar-refractivity contribution is -0.121. The Morgan fingerprint density at radius 3 is 2.73 bits per heavy atom. The highest BCUT2D eigenvalue weighted by Gasteiger charge is 2.24. The zero-order chi connectivity index (χ0) is 20.8. The van der Waals surface area contributed by atoms with Gasteiger partial charge in [0.2, 0.25) is 5.91 Å². The number of hydrogen-bond donors (Lipinski definition) is 2. The Balaban J connectivity index is 1.52. The van der Waals surface area contributed by atoms with Crippen LogP contribution in [0.25, 0.3) is 10.9 Å². The normalized spacial score (nSPS) is 15.8. The molecule has 0 spiro atoms. The number of H-pyrrole nitrogens is 1. The maximum Gasteiger partial charge on any atom is 0.220 e. The van der Waals surface area contributed by atoms with Crippen LogP contribution in [0.3, 0.4) is 0 Å². The number of amides is 1. The number of carbonyl (C=O) groups is 1. The smallest absolute Gasteiger partial charge is 0.220 e. The Hall–Kier alpha value is -2.83. The van der Waals surface area contributed by atoms with Crippen molar-refractivity contribution in [1.82, 2.24) is 15.2 Å². The van der Waals surface area contributed by atoms with Crippen LogP contribution in [-0.4, -0.2) is 62.3 Å². The monoisotopic (exact) mass is 407 g/mol. The highest BCUT2D eigenvalue weighted by Crippen LogP contribution is 2.37. The zero-order valence-corrected chi connectivity index (χ0v) is 17.4. The number of hydrogen-bond acceptors (Lipinski definition) is 4. The van der Waals surface area contributed by atoms with Crippen LogP contribution >= 0.6 is 0 Å². The SMILES string of the molecule is COc1ccccc1[C@@H](CC(=O)NCCN1CCOCC1)c1c[nH]c2ccccc12. The molecule has 4 rings (SSSR count). The van der Waals surface area contributed by atoms with Crippen molar-refractivity contribution in [1.29, 1.82) is 0 Å². The first-order valence-corrected chi connectivity index (χ1v) is 10.5. The standard InChI is InChI=1S/C24H29N3O3/c1-29-23-9-5-3-7-19(23)20(21-17-26-22-8-4-2-6-18(21)22)16-24(28)25-10-11-27-12-14-30-15-13-27/h2-9,17,20,26H,10-16H2,1H3,(H,25,28)/t20-/m1/s1. The van der Waals surface area contributed by atoms with Crippen molar-refractivity contribution in [2.75, 3.05) is 46.5 Å². The zero-order valence-electron chi connectivity index (χ0n) is 17.4. The van der Waals surface area contributed by atoms with Crippen LogP contribution in [-0.2, 0) is 9.53 Å². The summed E-state index contributed by atoms with van der Waals surface area (Å²) in [6.45, 7) is 4.88. The van der Waals surface area contributed by atoms with E-state index in [0.29, 0.717) is 13.0 Å². The van der Waals surface area contributed by atoms with E-state index in [-0.39, 0.29) is 11.8 Å². The average molecular weight is 408 g/mol. The Labute approximate surface area is 177 Å².